The Morgan fingerprint density at radius 2 is 1.90 bits per heavy atom. The number of rotatable bonds is 5. The van der Waals surface area contributed by atoms with Crippen LogP contribution in [0.2, 0.25) is 0 Å². The van der Waals surface area contributed by atoms with Gasteiger partial charge in [-0.25, -0.2) is 9.97 Å². The van der Waals surface area contributed by atoms with Gasteiger partial charge in [-0.05, 0) is 30.7 Å². The van der Waals surface area contributed by atoms with Gasteiger partial charge in [0.15, 0.2) is 0 Å². The second-order valence-electron chi connectivity index (χ2n) is 4.98. The smallest absolute Gasteiger partial charge is 0.115 e. The zero-order chi connectivity index (χ0) is 14.5. The third-order valence-corrected chi connectivity index (χ3v) is 3.51. The van der Waals surface area contributed by atoms with E-state index in [4.69, 9.17) is 0 Å². The molecule has 3 aromatic rings. The summed E-state index contributed by atoms with van der Waals surface area (Å²) in [5, 5.41) is 4.75. The topological polar surface area (TPSA) is 50.7 Å². The molecule has 1 aromatic carbocycles. The van der Waals surface area contributed by atoms with Gasteiger partial charge in [0.2, 0.25) is 0 Å². The number of nitrogens with zero attached hydrogens (tertiary/aromatic N) is 3. The third-order valence-electron chi connectivity index (χ3n) is 3.51. The highest BCUT2D eigenvalue weighted by Crippen LogP contribution is 2.27. The minimum Gasteiger partial charge on any atom is -0.306 e. The van der Waals surface area contributed by atoms with Gasteiger partial charge in [-0.3, -0.25) is 4.98 Å². The summed E-state index contributed by atoms with van der Waals surface area (Å²) in [5.41, 5.74) is 3.29. The minimum atomic E-state index is 0.0825. The molecule has 0 saturated carbocycles. The monoisotopic (exact) mass is 278 g/mol. The summed E-state index contributed by atoms with van der Waals surface area (Å²) in [7, 11) is 0. The first kappa shape index (κ1) is 13.6. The zero-order valence-electron chi connectivity index (χ0n) is 12.0. The van der Waals surface area contributed by atoms with Gasteiger partial charge in [0.05, 0.1) is 11.6 Å². The van der Waals surface area contributed by atoms with Crippen LogP contribution in [-0.4, -0.2) is 21.5 Å². The maximum absolute atomic E-state index is 4.44. The van der Waals surface area contributed by atoms with Crippen LogP contribution in [0.3, 0.4) is 0 Å². The molecule has 4 heteroatoms. The molecule has 0 saturated heterocycles. The predicted octanol–water partition coefficient (Wildman–Crippen LogP) is 3.11. The van der Waals surface area contributed by atoms with Gasteiger partial charge < -0.3 is 5.32 Å². The lowest BCUT2D eigenvalue weighted by atomic mass is 9.97. The van der Waals surface area contributed by atoms with Crippen molar-refractivity contribution >= 4 is 10.9 Å². The SMILES string of the molecule is CCCNC(c1cncnc1)c1ccnc2ccccc12. The number of aromatic nitrogens is 3. The molecule has 106 valence electrons. The van der Waals surface area contributed by atoms with Crippen LogP contribution >= 0.6 is 0 Å². The number of hydrogen-bond acceptors (Lipinski definition) is 4. The second kappa shape index (κ2) is 6.41. The molecule has 0 aliphatic rings. The number of hydrogen-bond donors (Lipinski definition) is 1. The van der Waals surface area contributed by atoms with E-state index in [0.29, 0.717) is 0 Å². The number of nitrogens with one attached hydrogen (secondary N) is 1. The Morgan fingerprint density at radius 1 is 1.10 bits per heavy atom. The van der Waals surface area contributed by atoms with Gasteiger partial charge in [0, 0.05) is 29.5 Å². The van der Waals surface area contributed by atoms with Gasteiger partial charge in [-0.2, -0.15) is 0 Å². The highest BCUT2D eigenvalue weighted by atomic mass is 14.9. The fourth-order valence-corrected chi connectivity index (χ4v) is 2.53. The van der Waals surface area contributed by atoms with Crippen molar-refractivity contribution in [1.29, 1.82) is 0 Å². The molecule has 2 aromatic heterocycles. The maximum atomic E-state index is 4.44. The van der Waals surface area contributed by atoms with E-state index in [2.05, 4.69) is 39.3 Å². The van der Waals surface area contributed by atoms with Crippen molar-refractivity contribution in [2.24, 2.45) is 0 Å². The van der Waals surface area contributed by atoms with Crippen LogP contribution in [-0.2, 0) is 0 Å². The van der Waals surface area contributed by atoms with Crippen LogP contribution in [0.15, 0.2) is 55.2 Å². The molecular formula is C17H18N4. The molecule has 0 radical (unpaired) electrons. The molecule has 1 atom stereocenters. The predicted molar refractivity (Wildman–Crippen MR) is 83.9 cm³/mol. The average Bonchev–Trinajstić information content (AvgIpc) is 2.56. The van der Waals surface area contributed by atoms with Crippen LogP contribution in [0.1, 0.15) is 30.5 Å². The molecule has 0 bridgehead atoms. The second-order valence-corrected chi connectivity index (χ2v) is 4.98. The molecule has 1 unspecified atom stereocenters. The summed E-state index contributed by atoms with van der Waals surface area (Å²) >= 11 is 0. The maximum Gasteiger partial charge on any atom is 0.115 e. The van der Waals surface area contributed by atoms with Crippen molar-refractivity contribution in [3.8, 4) is 0 Å². The Kier molecular flexibility index (Phi) is 4.17. The van der Waals surface area contributed by atoms with Crippen molar-refractivity contribution < 1.29 is 0 Å². The Bertz CT molecular complexity index is 707. The molecular weight excluding hydrogens is 260 g/mol. The Balaban J connectivity index is 2.10. The molecule has 0 aliphatic carbocycles. The lowest BCUT2D eigenvalue weighted by Crippen LogP contribution is -2.23. The summed E-state index contributed by atoms with van der Waals surface area (Å²) in [6, 6.07) is 10.4. The molecule has 2 heterocycles. The summed E-state index contributed by atoms with van der Waals surface area (Å²) in [4.78, 5) is 12.7. The van der Waals surface area contributed by atoms with Crippen molar-refractivity contribution in [1.82, 2.24) is 20.3 Å². The van der Waals surface area contributed by atoms with Crippen LogP contribution < -0.4 is 5.32 Å². The zero-order valence-corrected chi connectivity index (χ0v) is 12.0. The largest absolute Gasteiger partial charge is 0.306 e. The quantitative estimate of drug-likeness (QED) is 0.779. The summed E-state index contributed by atoms with van der Waals surface area (Å²) in [5.74, 6) is 0. The molecule has 21 heavy (non-hydrogen) atoms. The van der Waals surface area contributed by atoms with Crippen molar-refractivity contribution in [3.63, 3.8) is 0 Å². The number of para-hydroxylation sites is 1. The average molecular weight is 278 g/mol. The van der Waals surface area contributed by atoms with E-state index in [9.17, 15) is 0 Å². The summed E-state index contributed by atoms with van der Waals surface area (Å²) in [6.07, 6.45) is 8.24. The van der Waals surface area contributed by atoms with Crippen LogP contribution in [0.4, 0.5) is 0 Å². The van der Waals surface area contributed by atoms with E-state index < -0.39 is 0 Å². The standard InChI is InChI=1S/C17H18N4/c1-2-8-21-17(13-10-18-12-19-11-13)15-7-9-20-16-6-4-3-5-14(15)16/h3-7,9-12,17,21H,2,8H2,1H3. The number of fused-ring (bicyclic) bond motifs is 1. The lowest BCUT2D eigenvalue weighted by molar-refractivity contribution is 0.598. The summed E-state index contributed by atoms with van der Waals surface area (Å²) in [6.45, 7) is 3.10. The first-order valence-corrected chi connectivity index (χ1v) is 7.22. The van der Waals surface area contributed by atoms with E-state index in [1.807, 2.05) is 36.8 Å². The highest BCUT2D eigenvalue weighted by molar-refractivity contribution is 5.82. The molecule has 0 spiro atoms. The molecule has 0 aliphatic heterocycles. The van der Waals surface area contributed by atoms with Gasteiger partial charge in [0.25, 0.3) is 0 Å². The fraction of sp³-hybridized carbons (Fsp3) is 0.235. The first-order chi connectivity index (χ1) is 10.4. The van der Waals surface area contributed by atoms with E-state index in [1.165, 1.54) is 5.56 Å². The molecule has 0 amide bonds. The number of pyridine rings is 1. The molecule has 0 fully saturated rings. The molecule has 1 N–H and O–H groups in total. The van der Waals surface area contributed by atoms with Crippen molar-refractivity contribution in [2.45, 2.75) is 19.4 Å². The molecule has 3 rings (SSSR count). The van der Waals surface area contributed by atoms with Gasteiger partial charge in [0.1, 0.15) is 6.33 Å². The van der Waals surface area contributed by atoms with Gasteiger partial charge in [-0.15, -0.1) is 0 Å². The van der Waals surface area contributed by atoms with Crippen LogP contribution in [0.25, 0.3) is 10.9 Å². The van der Waals surface area contributed by atoms with E-state index in [-0.39, 0.29) is 6.04 Å². The van der Waals surface area contributed by atoms with Crippen LogP contribution in [0.5, 0.6) is 0 Å². The molecule has 4 nitrogen and oxygen atoms in total. The highest BCUT2D eigenvalue weighted by Gasteiger charge is 2.16. The Hall–Kier alpha value is -2.33. The van der Waals surface area contributed by atoms with Crippen molar-refractivity contribution in [2.75, 3.05) is 6.54 Å². The number of benzene rings is 1. The first-order valence-electron chi connectivity index (χ1n) is 7.22. The lowest BCUT2D eigenvalue weighted by Gasteiger charge is -2.20. The van der Waals surface area contributed by atoms with E-state index >= 15 is 0 Å². The Morgan fingerprint density at radius 3 is 2.71 bits per heavy atom. The third kappa shape index (κ3) is 2.90. The fourth-order valence-electron chi connectivity index (χ4n) is 2.53. The van der Waals surface area contributed by atoms with E-state index in [0.717, 1.165) is 29.4 Å². The Labute approximate surface area is 124 Å². The van der Waals surface area contributed by atoms with Crippen LogP contribution in [0, 0.1) is 0 Å². The summed E-state index contributed by atoms with van der Waals surface area (Å²) < 4.78 is 0. The normalized spacial score (nSPS) is 12.4. The van der Waals surface area contributed by atoms with Crippen molar-refractivity contribution in [3.05, 3.63) is 66.4 Å². The minimum absolute atomic E-state index is 0.0825. The van der Waals surface area contributed by atoms with Gasteiger partial charge >= 0.3 is 0 Å². The van der Waals surface area contributed by atoms with Gasteiger partial charge in [-0.1, -0.05) is 25.1 Å². The van der Waals surface area contributed by atoms with E-state index in [1.54, 1.807) is 6.33 Å².